The van der Waals surface area contributed by atoms with E-state index in [0.717, 1.165) is 25.1 Å². The maximum absolute atomic E-state index is 12.4. The molecule has 0 saturated carbocycles. The zero-order valence-electron chi connectivity index (χ0n) is 13.1. The summed E-state index contributed by atoms with van der Waals surface area (Å²) in [4.78, 5) is 14.1. The van der Waals surface area contributed by atoms with Crippen molar-refractivity contribution >= 4 is 5.91 Å². The molecule has 1 saturated heterocycles. The average molecular weight is 290 g/mol. The molecule has 1 heterocycles. The van der Waals surface area contributed by atoms with Gasteiger partial charge in [-0.15, -0.1) is 0 Å². The molecule has 0 radical (unpaired) electrons. The highest BCUT2D eigenvalue weighted by Gasteiger charge is 2.22. The first kappa shape index (κ1) is 15.8. The van der Waals surface area contributed by atoms with E-state index < -0.39 is 0 Å². The Balaban J connectivity index is 1.75. The van der Waals surface area contributed by atoms with Crippen molar-refractivity contribution in [2.24, 2.45) is 0 Å². The summed E-state index contributed by atoms with van der Waals surface area (Å²) in [5, 5.41) is 3.35. The van der Waals surface area contributed by atoms with Gasteiger partial charge in [-0.25, -0.2) is 0 Å². The standard InChI is InChI=1S/C17H26N2O2/c1-14-7-6-8-15(13-14)21-12-11-19(2)17(20)16-9-4-3-5-10-18-16/h6-8,13,16,18H,3-5,9-12H2,1-2H3. The predicted molar refractivity (Wildman–Crippen MR) is 84.6 cm³/mol. The second kappa shape index (κ2) is 8.03. The average Bonchev–Trinajstić information content (AvgIpc) is 2.75. The van der Waals surface area contributed by atoms with Crippen LogP contribution in [-0.4, -0.2) is 43.6 Å². The zero-order chi connectivity index (χ0) is 15.1. The van der Waals surface area contributed by atoms with Gasteiger partial charge in [-0.3, -0.25) is 4.79 Å². The molecule has 0 bridgehead atoms. The summed E-state index contributed by atoms with van der Waals surface area (Å²) in [5.74, 6) is 1.05. The molecule has 1 amide bonds. The van der Waals surface area contributed by atoms with E-state index in [0.29, 0.717) is 13.2 Å². The van der Waals surface area contributed by atoms with Crippen molar-refractivity contribution in [1.82, 2.24) is 10.2 Å². The minimum Gasteiger partial charge on any atom is -0.492 e. The number of carbonyl (C=O) groups is 1. The fraction of sp³-hybridized carbons (Fsp3) is 0.588. The van der Waals surface area contributed by atoms with E-state index in [1.807, 2.05) is 38.2 Å². The predicted octanol–water partition coefficient (Wildman–Crippen LogP) is 2.36. The number of aryl methyl sites for hydroxylation is 1. The zero-order valence-corrected chi connectivity index (χ0v) is 13.1. The molecule has 1 aromatic rings. The molecular formula is C17H26N2O2. The Morgan fingerprint density at radius 2 is 2.24 bits per heavy atom. The van der Waals surface area contributed by atoms with Crippen LogP contribution in [0.25, 0.3) is 0 Å². The van der Waals surface area contributed by atoms with E-state index in [-0.39, 0.29) is 11.9 Å². The van der Waals surface area contributed by atoms with Gasteiger partial charge in [-0.05, 0) is 44.0 Å². The molecule has 2 rings (SSSR count). The van der Waals surface area contributed by atoms with Crippen molar-refractivity contribution in [2.45, 2.75) is 38.6 Å². The SMILES string of the molecule is Cc1cccc(OCCN(C)C(=O)C2CCCCCN2)c1. The number of hydrogen-bond donors (Lipinski definition) is 1. The molecule has 1 fully saturated rings. The van der Waals surface area contributed by atoms with Crippen LogP contribution in [0.15, 0.2) is 24.3 Å². The number of hydrogen-bond acceptors (Lipinski definition) is 3. The van der Waals surface area contributed by atoms with Crippen molar-refractivity contribution < 1.29 is 9.53 Å². The highest BCUT2D eigenvalue weighted by atomic mass is 16.5. The summed E-state index contributed by atoms with van der Waals surface area (Å²) in [7, 11) is 1.86. The second-order valence-electron chi connectivity index (χ2n) is 5.78. The lowest BCUT2D eigenvalue weighted by Crippen LogP contribution is -2.45. The van der Waals surface area contributed by atoms with Gasteiger partial charge in [-0.2, -0.15) is 0 Å². The summed E-state index contributed by atoms with van der Waals surface area (Å²) in [5.41, 5.74) is 1.18. The molecule has 1 atom stereocenters. The summed E-state index contributed by atoms with van der Waals surface area (Å²) in [6, 6.07) is 7.96. The van der Waals surface area contributed by atoms with Gasteiger partial charge >= 0.3 is 0 Å². The van der Waals surface area contributed by atoms with Crippen LogP contribution < -0.4 is 10.1 Å². The number of nitrogens with one attached hydrogen (secondary N) is 1. The quantitative estimate of drug-likeness (QED) is 0.905. The van der Waals surface area contributed by atoms with Crippen LogP contribution >= 0.6 is 0 Å². The molecule has 1 aliphatic heterocycles. The minimum atomic E-state index is -0.0172. The van der Waals surface area contributed by atoms with Gasteiger partial charge in [0.15, 0.2) is 0 Å². The molecule has 1 unspecified atom stereocenters. The molecular weight excluding hydrogens is 264 g/mol. The monoisotopic (exact) mass is 290 g/mol. The van der Waals surface area contributed by atoms with Crippen LogP contribution in [-0.2, 0) is 4.79 Å². The van der Waals surface area contributed by atoms with Crippen molar-refractivity contribution in [3.8, 4) is 5.75 Å². The van der Waals surface area contributed by atoms with Crippen LogP contribution in [0.1, 0.15) is 31.2 Å². The second-order valence-corrected chi connectivity index (χ2v) is 5.78. The third-order valence-corrected chi connectivity index (χ3v) is 3.92. The van der Waals surface area contributed by atoms with E-state index in [9.17, 15) is 4.79 Å². The van der Waals surface area contributed by atoms with Gasteiger partial charge < -0.3 is 15.0 Å². The van der Waals surface area contributed by atoms with Crippen LogP contribution in [0.4, 0.5) is 0 Å². The Morgan fingerprint density at radius 1 is 1.38 bits per heavy atom. The van der Waals surface area contributed by atoms with E-state index in [1.54, 1.807) is 4.90 Å². The van der Waals surface area contributed by atoms with E-state index in [1.165, 1.54) is 18.4 Å². The van der Waals surface area contributed by atoms with Crippen molar-refractivity contribution in [1.29, 1.82) is 0 Å². The van der Waals surface area contributed by atoms with Crippen molar-refractivity contribution in [2.75, 3.05) is 26.7 Å². The maximum Gasteiger partial charge on any atom is 0.239 e. The third kappa shape index (κ3) is 5.05. The fourth-order valence-electron chi connectivity index (χ4n) is 2.62. The molecule has 1 N–H and O–H groups in total. The number of benzene rings is 1. The van der Waals surface area contributed by atoms with Crippen molar-refractivity contribution in [3.05, 3.63) is 29.8 Å². The van der Waals surface area contributed by atoms with E-state index in [4.69, 9.17) is 4.74 Å². The Morgan fingerprint density at radius 3 is 3.05 bits per heavy atom. The highest BCUT2D eigenvalue weighted by Crippen LogP contribution is 2.13. The molecule has 1 aliphatic rings. The maximum atomic E-state index is 12.4. The summed E-state index contributed by atoms with van der Waals surface area (Å²) in [6.45, 7) is 4.13. The topological polar surface area (TPSA) is 41.6 Å². The lowest BCUT2D eigenvalue weighted by atomic mass is 10.1. The molecule has 116 valence electrons. The molecule has 0 aromatic heterocycles. The van der Waals surface area contributed by atoms with Gasteiger partial charge in [0, 0.05) is 7.05 Å². The number of nitrogens with zero attached hydrogens (tertiary/aromatic N) is 1. The molecule has 4 heteroatoms. The lowest BCUT2D eigenvalue weighted by Gasteiger charge is -2.23. The molecule has 0 spiro atoms. The molecule has 1 aromatic carbocycles. The van der Waals surface area contributed by atoms with Gasteiger partial charge in [0.1, 0.15) is 12.4 Å². The van der Waals surface area contributed by atoms with E-state index in [2.05, 4.69) is 5.32 Å². The summed E-state index contributed by atoms with van der Waals surface area (Å²) < 4.78 is 5.71. The normalized spacial score (nSPS) is 18.9. The van der Waals surface area contributed by atoms with E-state index >= 15 is 0 Å². The lowest BCUT2D eigenvalue weighted by molar-refractivity contribution is -0.132. The smallest absolute Gasteiger partial charge is 0.239 e. The van der Waals surface area contributed by atoms with Crippen LogP contribution in [0, 0.1) is 6.92 Å². The number of carbonyl (C=O) groups excluding carboxylic acids is 1. The Hall–Kier alpha value is -1.55. The first-order valence-corrected chi connectivity index (χ1v) is 7.84. The number of amides is 1. The molecule has 4 nitrogen and oxygen atoms in total. The van der Waals surface area contributed by atoms with Crippen molar-refractivity contribution in [3.63, 3.8) is 0 Å². The van der Waals surface area contributed by atoms with Crippen LogP contribution in [0.2, 0.25) is 0 Å². The van der Waals surface area contributed by atoms with Gasteiger partial charge in [0.2, 0.25) is 5.91 Å². The van der Waals surface area contributed by atoms with Crippen LogP contribution in [0.5, 0.6) is 5.75 Å². The van der Waals surface area contributed by atoms with Gasteiger partial charge in [0.25, 0.3) is 0 Å². The number of likely N-dealkylation sites (N-methyl/N-ethyl adjacent to an activating group) is 1. The third-order valence-electron chi connectivity index (χ3n) is 3.92. The first-order valence-electron chi connectivity index (χ1n) is 7.84. The fourth-order valence-corrected chi connectivity index (χ4v) is 2.62. The summed E-state index contributed by atoms with van der Waals surface area (Å²) in [6.07, 6.45) is 4.47. The summed E-state index contributed by atoms with van der Waals surface area (Å²) >= 11 is 0. The van der Waals surface area contributed by atoms with Crippen LogP contribution in [0.3, 0.4) is 0 Å². The molecule has 0 aliphatic carbocycles. The Kier molecular flexibility index (Phi) is 6.05. The largest absolute Gasteiger partial charge is 0.492 e. The Labute approximate surface area is 127 Å². The Bertz CT molecular complexity index is 454. The first-order chi connectivity index (χ1) is 10.2. The van der Waals surface area contributed by atoms with Gasteiger partial charge in [0.05, 0.1) is 12.6 Å². The minimum absolute atomic E-state index is 0.0172. The number of ether oxygens (including phenoxy) is 1. The number of rotatable bonds is 5. The van der Waals surface area contributed by atoms with Gasteiger partial charge in [-0.1, -0.05) is 25.0 Å². The molecule has 21 heavy (non-hydrogen) atoms. The highest BCUT2D eigenvalue weighted by molar-refractivity contribution is 5.81.